The Morgan fingerprint density at radius 1 is 0.857 bits per heavy atom. The summed E-state index contributed by atoms with van der Waals surface area (Å²) in [5, 5.41) is 10.4. The van der Waals surface area contributed by atoms with Gasteiger partial charge in [-0.15, -0.1) is 0 Å². The Morgan fingerprint density at radius 2 is 1.62 bits per heavy atom. The van der Waals surface area contributed by atoms with Gasteiger partial charge in [-0.2, -0.15) is 0 Å². The summed E-state index contributed by atoms with van der Waals surface area (Å²) >= 11 is 0. The minimum atomic E-state index is -0.606. The van der Waals surface area contributed by atoms with Crippen molar-refractivity contribution in [1.29, 1.82) is 0 Å². The summed E-state index contributed by atoms with van der Waals surface area (Å²) in [6.07, 6.45) is 11.8. The highest BCUT2D eigenvalue weighted by Crippen LogP contribution is 2.40. The Kier molecular flexibility index (Phi) is 4.23. The van der Waals surface area contributed by atoms with Crippen LogP contribution in [0, 0.1) is 11.8 Å². The van der Waals surface area contributed by atoms with Crippen LogP contribution in [0.15, 0.2) is 0 Å². The Morgan fingerprint density at radius 3 is 2.48 bits per heavy atom. The van der Waals surface area contributed by atoms with Crippen LogP contribution in [0.2, 0.25) is 0 Å². The van der Waals surface area contributed by atoms with Crippen LogP contribution in [0.5, 0.6) is 0 Å². The van der Waals surface area contributed by atoms with Gasteiger partial charge in [-0.25, -0.2) is 0 Å². The third-order valence-electron chi connectivity index (χ3n) is 5.80. The Labute approximate surface area is 127 Å². The van der Waals surface area contributed by atoms with Gasteiger partial charge in [-0.1, -0.05) is 19.3 Å². The largest absolute Gasteiger partial charge is 0.370 e. The number of aliphatic hydroxyl groups is 1. The van der Waals surface area contributed by atoms with Gasteiger partial charge in [0, 0.05) is 5.92 Å². The summed E-state index contributed by atoms with van der Waals surface area (Å²) < 4.78 is 17.1. The monoisotopic (exact) mass is 296 g/mol. The molecule has 4 rings (SSSR count). The van der Waals surface area contributed by atoms with Gasteiger partial charge < -0.3 is 19.3 Å². The van der Waals surface area contributed by atoms with Crippen molar-refractivity contribution >= 4 is 0 Å². The fraction of sp³-hybridized carbons (Fsp3) is 1.00. The van der Waals surface area contributed by atoms with E-state index in [0.29, 0.717) is 36.9 Å². The summed E-state index contributed by atoms with van der Waals surface area (Å²) in [4.78, 5) is 0. The maximum Gasteiger partial charge on any atom is 0.157 e. The van der Waals surface area contributed by atoms with Crippen LogP contribution in [-0.2, 0) is 14.2 Å². The second-order valence-corrected chi connectivity index (χ2v) is 7.46. The number of ether oxygens (including phenoxy) is 3. The van der Waals surface area contributed by atoms with E-state index in [4.69, 9.17) is 14.2 Å². The van der Waals surface area contributed by atoms with Crippen molar-refractivity contribution in [1.82, 2.24) is 0 Å². The van der Waals surface area contributed by atoms with Gasteiger partial charge in [0.1, 0.15) is 0 Å². The summed E-state index contributed by atoms with van der Waals surface area (Å²) in [5.74, 6) is 0.830. The predicted octanol–water partition coefficient (Wildman–Crippen LogP) is 2.63. The number of rotatable bonds is 4. The van der Waals surface area contributed by atoms with E-state index in [-0.39, 0.29) is 5.92 Å². The summed E-state index contributed by atoms with van der Waals surface area (Å²) in [6, 6.07) is 0. The predicted molar refractivity (Wildman–Crippen MR) is 77.8 cm³/mol. The highest BCUT2D eigenvalue weighted by atomic mass is 16.6. The number of hydrogen-bond donors (Lipinski definition) is 1. The van der Waals surface area contributed by atoms with Crippen molar-refractivity contribution in [2.24, 2.45) is 11.8 Å². The first kappa shape index (κ1) is 14.4. The molecule has 2 heterocycles. The van der Waals surface area contributed by atoms with Crippen LogP contribution in [0.3, 0.4) is 0 Å². The molecule has 0 radical (unpaired) electrons. The lowest BCUT2D eigenvalue weighted by atomic mass is 9.90. The summed E-state index contributed by atoms with van der Waals surface area (Å²) in [5.41, 5.74) is 0. The number of epoxide rings is 2. The normalized spacial score (nSPS) is 47.3. The zero-order valence-corrected chi connectivity index (χ0v) is 12.8. The lowest BCUT2D eigenvalue weighted by Crippen LogP contribution is -2.29. The molecule has 1 N–H and O–H groups in total. The average molecular weight is 296 g/mol. The molecule has 4 fully saturated rings. The topological polar surface area (TPSA) is 54.5 Å². The van der Waals surface area contributed by atoms with Crippen LogP contribution in [0.1, 0.15) is 57.8 Å². The molecule has 4 heteroatoms. The lowest BCUT2D eigenvalue weighted by molar-refractivity contribution is -0.148. The molecule has 0 aromatic heterocycles. The number of hydrogen-bond acceptors (Lipinski definition) is 4. The van der Waals surface area contributed by atoms with Crippen molar-refractivity contribution in [2.75, 3.05) is 6.61 Å². The van der Waals surface area contributed by atoms with Gasteiger partial charge in [-0.05, 0) is 44.4 Å². The van der Waals surface area contributed by atoms with Crippen LogP contribution < -0.4 is 0 Å². The first-order valence-corrected chi connectivity index (χ1v) is 8.90. The molecule has 0 amide bonds. The highest BCUT2D eigenvalue weighted by Gasteiger charge is 2.44. The molecule has 0 bridgehead atoms. The molecule has 4 aliphatic rings. The molecule has 2 aliphatic heterocycles. The Balaban J connectivity index is 1.23. The summed E-state index contributed by atoms with van der Waals surface area (Å²) in [7, 11) is 0. The molecular formula is C17H28O4. The van der Waals surface area contributed by atoms with E-state index >= 15 is 0 Å². The van der Waals surface area contributed by atoms with Gasteiger partial charge in [0.05, 0.1) is 31.0 Å². The maximum absolute atomic E-state index is 10.4. The lowest BCUT2D eigenvalue weighted by Gasteiger charge is -2.25. The minimum Gasteiger partial charge on any atom is -0.370 e. The van der Waals surface area contributed by atoms with E-state index in [2.05, 4.69) is 0 Å². The second-order valence-electron chi connectivity index (χ2n) is 7.46. The fourth-order valence-corrected chi connectivity index (χ4v) is 4.25. The van der Waals surface area contributed by atoms with Crippen LogP contribution in [-0.4, -0.2) is 42.4 Å². The molecule has 2 aliphatic carbocycles. The zero-order chi connectivity index (χ0) is 14.2. The number of fused-ring (bicyclic) bond motifs is 2. The van der Waals surface area contributed by atoms with Crippen LogP contribution in [0.4, 0.5) is 0 Å². The van der Waals surface area contributed by atoms with Crippen molar-refractivity contribution in [3.8, 4) is 0 Å². The molecule has 2 saturated heterocycles. The van der Waals surface area contributed by atoms with Gasteiger partial charge >= 0.3 is 0 Å². The average Bonchev–Trinajstić information content (AvgIpc) is 3.39. The van der Waals surface area contributed by atoms with E-state index in [1.165, 1.54) is 38.5 Å². The van der Waals surface area contributed by atoms with Crippen LogP contribution >= 0.6 is 0 Å². The van der Waals surface area contributed by atoms with E-state index in [0.717, 1.165) is 19.3 Å². The first-order valence-electron chi connectivity index (χ1n) is 8.90. The third kappa shape index (κ3) is 3.61. The van der Waals surface area contributed by atoms with Crippen molar-refractivity contribution in [3.63, 3.8) is 0 Å². The highest BCUT2D eigenvalue weighted by molar-refractivity contribution is 4.92. The van der Waals surface area contributed by atoms with Gasteiger partial charge in [-0.3, -0.25) is 0 Å². The van der Waals surface area contributed by atoms with E-state index in [1.54, 1.807) is 0 Å². The molecule has 0 aromatic rings. The molecule has 21 heavy (non-hydrogen) atoms. The maximum atomic E-state index is 10.4. The van der Waals surface area contributed by atoms with Crippen molar-refractivity contribution < 1.29 is 19.3 Å². The molecule has 4 nitrogen and oxygen atoms in total. The molecule has 120 valence electrons. The molecule has 7 unspecified atom stereocenters. The van der Waals surface area contributed by atoms with E-state index in [9.17, 15) is 5.11 Å². The SMILES string of the molecule is OC(OCC1CCC2OC2C1)C1CCCCCC2OC2C1. The fourth-order valence-electron chi connectivity index (χ4n) is 4.25. The van der Waals surface area contributed by atoms with Gasteiger partial charge in [0.15, 0.2) is 6.29 Å². The Hall–Kier alpha value is -0.160. The van der Waals surface area contributed by atoms with Crippen LogP contribution in [0.25, 0.3) is 0 Å². The molecule has 0 aromatic carbocycles. The molecule has 0 spiro atoms. The standard InChI is InChI=1S/C17H28O4/c18-17(19-10-11-6-7-14-15(8-11)21-14)12-4-2-1-3-5-13-16(9-12)20-13/h11-18H,1-10H2. The number of aliphatic hydroxyl groups excluding tert-OH is 1. The molecule has 7 atom stereocenters. The van der Waals surface area contributed by atoms with Crippen molar-refractivity contribution in [2.45, 2.75) is 88.5 Å². The van der Waals surface area contributed by atoms with Gasteiger partial charge in [0.2, 0.25) is 0 Å². The van der Waals surface area contributed by atoms with E-state index < -0.39 is 6.29 Å². The van der Waals surface area contributed by atoms with Crippen molar-refractivity contribution in [3.05, 3.63) is 0 Å². The summed E-state index contributed by atoms with van der Waals surface area (Å²) in [6.45, 7) is 0.694. The quantitative estimate of drug-likeness (QED) is 0.640. The third-order valence-corrected chi connectivity index (χ3v) is 5.80. The minimum absolute atomic E-state index is 0.256. The Bertz CT molecular complexity index is 361. The smallest absolute Gasteiger partial charge is 0.157 e. The van der Waals surface area contributed by atoms with E-state index in [1.807, 2.05) is 0 Å². The molecular weight excluding hydrogens is 268 g/mol. The zero-order valence-electron chi connectivity index (χ0n) is 12.8. The first-order chi connectivity index (χ1) is 10.3. The van der Waals surface area contributed by atoms with Gasteiger partial charge in [0.25, 0.3) is 0 Å². The second kappa shape index (κ2) is 6.15. The molecule has 2 saturated carbocycles.